The highest BCUT2D eigenvalue weighted by molar-refractivity contribution is 5.40. The summed E-state index contributed by atoms with van der Waals surface area (Å²) in [5.74, 6) is 3.67. The average Bonchev–Trinajstić information content (AvgIpc) is 2.76. The van der Waals surface area contributed by atoms with Crippen molar-refractivity contribution in [3.63, 3.8) is 0 Å². The van der Waals surface area contributed by atoms with E-state index < -0.39 is 0 Å². The summed E-state index contributed by atoms with van der Waals surface area (Å²) in [6.45, 7) is 3.84. The van der Waals surface area contributed by atoms with E-state index in [1.54, 1.807) is 0 Å². The van der Waals surface area contributed by atoms with Crippen molar-refractivity contribution in [2.75, 3.05) is 13.2 Å². The Morgan fingerprint density at radius 2 is 2.44 bits per heavy atom. The first-order chi connectivity index (χ1) is 7.81. The second-order valence-corrected chi connectivity index (χ2v) is 4.10. The van der Waals surface area contributed by atoms with Crippen LogP contribution in [-0.2, 0) is 6.42 Å². The van der Waals surface area contributed by atoms with Crippen LogP contribution in [0.15, 0.2) is 18.2 Å². The van der Waals surface area contributed by atoms with Crippen LogP contribution >= 0.6 is 0 Å². The van der Waals surface area contributed by atoms with Gasteiger partial charge in [-0.3, -0.25) is 0 Å². The van der Waals surface area contributed by atoms with Gasteiger partial charge in [0.1, 0.15) is 5.75 Å². The van der Waals surface area contributed by atoms with Crippen molar-refractivity contribution in [2.45, 2.75) is 25.8 Å². The summed E-state index contributed by atoms with van der Waals surface area (Å²) in [5, 5.41) is 3.41. The van der Waals surface area contributed by atoms with Crippen LogP contribution in [-0.4, -0.2) is 13.2 Å². The molecule has 1 aliphatic heterocycles. The van der Waals surface area contributed by atoms with Crippen LogP contribution in [0.5, 0.6) is 5.75 Å². The molecular weight excluding hydrogens is 198 g/mol. The average molecular weight is 215 g/mol. The molecule has 1 unspecified atom stereocenters. The zero-order chi connectivity index (χ0) is 11.4. The van der Waals surface area contributed by atoms with Gasteiger partial charge in [-0.2, -0.15) is 0 Å². The van der Waals surface area contributed by atoms with Crippen molar-refractivity contribution in [3.05, 3.63) is 29.3 Å². The van der Waals surface area contributed by atoms with Crippen LogP contribution in [0.2, 0.25) is 0 Å². The monoisotopic (exact) mass is 215 g/mol. The van der Waals surface area contributed by atoms with Gasteiger partial charge in [-0.1, -0.05) is 12.1 Å². The topological polar surface area (TPSA) is 21.3 Å². The Morgan fingerprint density at radius 1 is 1.56 bits per heavy atom. The lowest BCUT2D eigenvalue weighted by atomic mass is 10.0. The summed E-state index contributed by atoms with van der Waals surface area (Å²) >= 11 is 0. The predicted octanol–water partition coefficient (Wildman–Crippen LogP) is 2.30. The molecule has 84 valence electrons. The lowest BCUT2D eigenvalue weighted by Gasteiger charge is -2.14. The number of nitrogens with one attached hydrogen (secondary N) is 1. The van der Waals surface area contributed by atoms with Gasteiger partial charge in [0.05, 0.1) is 6.61 Å². The van der Waals surface area contributed by atoms with Crippen molar-refractivity contribution in [2.24, 2.45) is 0 Å². The molecule has 1 N–H and O–H groups in total. The van der Waals surface area contributed by atoms with Crippen molar-refractivity contribution in [1.29, 1.82) is 0 Å². The minimum Gasteiger partial charge on any atom is -0.493 e. The molecule has 0 amide bonds. The third-order valence-electron chi connectivity index (χ3n) is 2.93. The van der Waals surface area contributed by atoms with E-state index in [0.717, 1.165) is 31.7 Å². The van der Waals surface area contributed by atoms with E-state index in [-0.39, 0.29) is 0 Å². The highest BCUT2D eigenvalue weighted by atomic mass is 16.5. The minimum absolute atomic E-state index is 0.347. The summed E-state index contributed by atoms with van der Waals surface area (Å²) in [5.41, 5.74) is 2.63. The van der Waals surface area contributed by atoms with Gasteiger partial charge in [-0.05, 0) is 24.1 Å². The van der Waals surface area contributed by atoms with Gasteiger partial charge in [-0.25, -0.2) is 0 Å². The molecule has 0 spiro atoms. The molecule has 1 aromatic carbocycles. The molecular formula is C14H17NO. The number of hydrogen-bond donors (Lipinski definition) is 1. The second-order valence-electron chi connectivity index (χ2n) is 4.10. The van der Waals surface area contributed by atoms with E-state index in [4.69, 9.17) is 11.2 Å². The zero-order valence-corrected chi connectivity index (χ0v) is 9.62. The Balaban J connectivity index is 2.01. The smallest absolute Gasteiger partial charge is 0.122 e. The highest BCUT2D eigenvalue weighted by Crippen LogP contribution is 2.27. The number of fused-ring (bicyclic) bond motifs is 1. The molecule has 0 radical (unpaired) electrons. The van der Waals surface area contributed by atoms with E-state index in [1.807, 2.05) is 0 Å². The first-order valence-corrected chi connectivity index (χ1v) is 5.73. The zero-order valence-electron chi connectivity index (χ0n) is 9.62. The molecule has 1 aliphatic rings. The number of hydrogen-bond acceptors (Lipinski definition) is 2. The molecule has 0 saturated heterocycles. The Kier molecular flexibility index (Phi) is 3.48. The van der Waals surface area contributed by atoms with Crippen LogP contribution in [0.3, 0.4) is 0 Å². The van der Waals surface area contributed by atoms with Gasteiger partial charge < -0.3 is 10.1 Å². The summed E-state index contributed by atoms with van der Waals surface area (Å²) < 4.78 is 5.48. The fraction of sp³-hybridized carbons (Fsp3) is 0.429. The van der Waals surface area contributed by atoms with Crippen LogP contribution in [0.4, 0.5) is 0 Å². The summed E-state index contributed by atoms with van der Waals surface area (Å²) in [6.07, 6.45) is 7.02. The van der Waals surface area contributed by atoms with Gasteiger partial charge in [0.15, 0.2) is 0 Å². The lowest BCUT2D eigenvalue weighted by molar-refractivity contribution is 0.356. The molecule has 2 heteroatoms. The van der Waals surface area contributed by atoms with Gasteiger partial charge in [0.2, 0.25) is 0 Å². The molecule has 2 rings (SSSR count). The number of rotatable bonds is 4. The quantitative estimate of drug-likeness (QED) is 0.614. The SMILES string of the molecule is C#CCCNC(C)c1ccc2c(c1)CCO2. The van der Waals surface area contributed by atoms with Gasteiger partial charge >= 0.3 is 0 Å². The van der Waals surface area contributed by atoms with Crippen molar-refractivity contribution >= 4 is 0 Å². The van der Waals surface area contributed by atoms with Crippen molar-refractivity contribution < 1.29 is 4.74 Å². The number of terminal acetylenes is 1. The molecule has 0 aromatic heterocycles. The molecule has 2 nitrogen and oxygen atoms in total. The minimum atomic E-state index is 0.347. The maximum Gasteiger partial charge on any atom is 0.122 e. The maximum absolute atomic E-state index is 5.48. The number of ether oxygens (including phenoxy) is 1. The first kappa shape index (κ1) is 11.0. The first-order valence-electron chi connectivity index (χ1n) is 5.73. The fourth-order valence-electron chi connectivity index (χ4n) is 1.95. The van der Waals surface area contributed by atoms with E-state index in [0.29, 0.717) is 6.04 Å². The fourth-order valence-corrected chi connectivity index (χ4v) is 1.95. The van der Waals surface area contributed by atoms with Gasteiger partial charge in [0.25, 0.3) is 0 Å². The van der Waals surface area contributed by atoms with Gasteiger partial charge in [0, 0.05) is 25.4 Å². The molecule has 0 bridgehead atoms. The molecule has 0 fully saturated rings. The Labute approximate surface area is 97.0 Å². The third kappa shape index (κ3) is 2.37. The van der Waals surface area contributed by atoms with Crippen LogP contribution in [0.25, 0.3) is 0 Å². The van der Waals surface area contributed by atoms with E-state index >= 15 is 0 Å². The van der Waals surface area contributed by atoms with Crippen LogP contribution < -0.4 is 10.1 Å². The largest absolute Gasteiger partial charge is 0.493 e. The van der Waals surface area contributed by atoms with E-state index in [2.05, 4.69) is 36.4 Å². The molecule has 1 heterocycles. The summed E-state index contributed by atoms with van der Waals surface area (Å²) in [4.78, 5) is 0. The van der Waals surface area contributed by atoms with E-state index in [1.165, 1.54) is 11.1 Å². The third-order valence-corrected chi connectivity index (χ3v) is 2.93. The van der Waals surface area contributed by atoms with Crippen molar-refractivity contribution in [3.8, 4) is 18.1 Å². The molecule has 0 aliphatic carbocycles. The summed E-state index contributed by atoms with van der Waals surface area (Å²) in [6, 6.07) is 6.77. The summed E-state index contributed by atoms with van der Waals surface area (Å²) in [7, 11) is 0. The Morgan fingerprint density at radius 3 is 3.25 bits per heavy atom. The number of benzene rings is 1. The molecule has 16 heavy (non-hydrogen) atoms. The maximum atomic E-state index is 5.48. The Bertz CT molecular complexity index is 406. The van der Waals surface area contributed by atoms with Crippen LogP contribution in [0.1, 0.15) is 30.5 Å². The normalized spacial score (nSPS) is 15.0. The van der Waals surface area contributed by atoms with Crippen molar-refractivity contribution in [1.82, 2.24) is 5.32 Å². The predicted molar refractivity (Wildman–Crippen MR) is 65.5 cm³/mol. The second kappa shape index (κ2) is 5.05. The standard InChI is InChI=1S/C14H17NO/c1-3-4-8-15-11(2)12-5-6-14-13(10-12)7-9-16-14/h1,5-6,10-11,15H,4,7-9H2,2H3. The highest BCUT2D eigenvalue weighted by Gasteiger charge is 2.13. The molecule has 1 atom stereocenters. The van der Waals surface area contributed by atoms with Crippen LogP contribution in [0, 0.1) is 12.3 Å². The molecule has 1 aromatic rings. The Hall–Kier alpha value is -1.46. The van der Waals surface area contributed by atoms with E-state index in [9.17, 15) is 0 Å². The van der Waals surface area contributed by atoms with Gasteiger partial charge in [-0.15, -0.1) is 12.3 Å². The lowest BCUT2D eigenvalue weighted by Crippen LogP contribution is -2.19. The molecule has 0 saturated carbocycles.